The summed E-state index contributed by atoms with van der Waals surface area (Å²) in [4.78, 5) is 31.1. The van der Waals surface area contributed by atoms with Gasteiger partial charge in [-0.05, 0) is 65.5 Å². The van der Waals surface area contributed by atoms with Crippen LogP contribution in [0.1, 0.15) is 17.5 Å². The van der Waals surface area contributed by atoms with Crippen LogP contribution in [-0.2, 0) is 19.9 Å². The predicted molar refractivity (Wildman–Crippen MR) is 158 cm³/mol. The standard InChI is InChI=1S/C24H24Br3IN2O3Si/c1-33-19(13-34(2,3)4)29-16-10-15(25)21(26)22(27)20(16)24(23(29)32)11-18(31)30(24)17(12-28)14-8-6-5-7-9-14/h5-10,12,19H,11,13H2,1-4H3/b17-12+. The maximum Gasteiger partial charge on any atom is 0.260 e. The van der Waals surface area contributed by atoms with Gasteiger partial charge >= 0.3 is 0 Å². The monoisotopic (exact) mass is 780 g/mol. The Labute approximate surface area is 239 Å². The smallest absolute Gasteiger partial charge is 0.260 e. The Hall–Kier alpha value is -0.533. The zero-order valence-corrected chi connectivity index (χ0v) is 27.1. The van der Waals surface area contributed by atoms with Crippen molar-refractivity contribution in [1.82, 2.24) is 4.90 Å². The number of hydrogen-bond donors (Lipinski definition) is 0. The van der Waals surface area contributed by atoms with Gasteiger partial charge in [-0.2, -0.15) is 0 Å². The van der Waals surface area contributed by atoms with E-state index in [1.807, 2.05) is 40.5 Å². The molecule has 2 aliphatic heterocycles. The first-order valence-corrected chi connectivity index (χ1v) is 18.0. The van der Waals surface area contributed by atoms with Crippen molar-refractivity contribution < 1.29 is 14.3 Å². The van der Waals surface area contributed by atoms with Crippen LogP contribution >= 0.6 is 70.4 Å². The van der Waals surface area contributed by atoms with E-state index >= 15 is 0 Å². The normalized spacial score (nSPS) is 21.2. The summed E-state index contributed by atoms with van der Waals surface area (Å²) in [6.07, 6.45) is -0.315. The van der Waals surface area contributed by atoms with Gasteiger partial charge in [-0.3, -0.25) is 19.4 Å². The molecule has 2 aromatic carbocycles. The van der Waals surface area contributed by atoms with E-state index in [-0.39, 0.29) is 18.2 Å². The predicted octanol–water partition coefficient (Wildman–Crippen LogP) is 7.49. The van der Waals surface area contributed by atoms with Crippen molar-refractivity contribution >= 4 is 102 Å². The van der Waals surface area contributed by atoms with Gasteiger partial charge < -0.3 is 4.74 Å². The molecule has 2 amide bonds. The van der Waals surface area contributed by atoms with Gasteiger partial charge in [0.2, 0.25) is 5.91 Å². The molecule has 0 N–H and O–H groups in total. The molecule has 0 aromatic heterocycles. The minimum atomic E-state index is -1.59. The molecule has 4 rings (SSSR count). The minimum Gasteiger partial charge on any atom is -0.361 e. The lowest BCUT2D eigenvalue weighted by molar-refractivity contribution is -0.158. The van der Waals surface area contributed by atoms with Gasteiger partial charge in [0.1, 0.15) is 6.23 Å². The second-order valence-corrected chi connectivity index (χ2v) is 18.2. The van der Waals surface area contributed by atoms with E-state index in [1.165, 1.54) is 0 Å². The SMILES string of the molecule is COC(C[Si](C)(C)C)N1C(=O)C2(CC(=O)N2/C(=C/I)c2ccccc2)c2c1cc(Br)c(Br)c2Br. The van der Waals surface area contributed by atoms with Crippen LogP contribution in [0.25, 0.3) is 5.70 Å². The molecule has 34 heavy (non-hydrogen) atoms. The van der Waals surface area contributed by atoms with Crippen LogP contribution in [0.15, 0.2) is 53.9 Å². The quantitative estimate of drug-likeness (QED) is 0.132. The van der Waals surface area contributed by atoms with Crippen molar-refractivity contribution in [2.24, 2.45) is 0 Å². The van der Waals surface area contributed by atoms with Crippen LogP contribution in [0, 0.1) is 0 Å². The average Bonchev–Trinajstić information content (AvgIpc) is 3.03. The molecular formula is C24H24Br3IN2O3Si. The highest BCUT2D eigenvalue weighted by Crippen LogP contribution is 2.59. The number of likely N-dealkylation sites (tertiary alicyclic amines) is 1. The number of rotatable bonds is 6. The van der Waals surface area contributed by atoms with Gasteiger partial charge in [-0.25, -0.2) is 0 Å². The number of amides is 2. The molecule has 0 aliphatic carbocycles. The highest BCUT2D eigenvalue weighted by Gasteiger charge is 2.67. The lowest BCUT2D eigenvalue weighted by Gasteiger charge is -2.50. The largest absolute Gasteiger partial charge is 0.361 e. The summed E-state index contributed by atoms with van der Waals surface area (Å²) in [5.74, 6) is -0.220. The number of carbonyl (C=O) groups excluding carboxylic acids is 2. The summed E-state index contributed by atoms with van der Waals surface area (Å²) >= 11 is 13.2. The maximum atomic E-state index is 14.4. The third-order valence-corrected chi connectivity index (χ3v) is 11.7. The minimum absolute atomic E-state index is 0.0852. The topological polar surface area (TPSA) is 49.9 Å². The summed E-state index contributed by atoms with van der Waals surface area (Å²) in [5.41, 5.74) is 2.00. The van der Waals surface area contributed by atoms with Gasteiger partial charge in [0.25, 0.3) is 5.91 Å². The number of carbonyl (C=O) groups is 2. The Bertz CT molecular complexity index is 1200. The Morgan fingerprint density at radius 1 is 1.18 bits per heavy atom. The van der Waals surface area contributed by atoms with Crippen molar-refractivity contribution in [2.75, 3.05) is 12.0 Å². The zero-order chi connectivity index (χ0) is 25.0. The third kappa shape index (κ3) is 4.19. The van der Waals surface area contributed by atoms with Crippen LogP contribution < -0.4 is 4.90 Å². The molecule has 2 aliphatic rings. The number of anilines is 1. The van der Waals surface area contributed by atoms with Gasteiger partial charge in [-0.1, -0.05) is 72.6 Å². The van der Waals surface area contributed by atoms with E-state index in [1.54, 1.807) is 16.9 Å². The summed E-state index contributed by atoms with van der Waals surface area (Å²) in [6.45, 7) is 6.78. The van der Waals surface area contributed by atoms with Crippen LogP contribution in [0.3, 0.4) is 0 Å². The molecular weight excluding hydrogens is 759 g/mol. The van der Waals surface area contributed by atoms with E-state index in [4.69, 9.17) is 4.74 Å². The second-order valence-electron chi connectivity index (χ2n) is 9.64. The molecule has 0 radical (unpaired) electrons. The number of ether oxygens (including phenoxy) is 1. The van der Waals surface area contributed by atoms with Gasteiger partial charge in [0.05, 0.1) is 17.8 Å². The average molecular weight is 783 g/mol. The van der Waals surface area contributed by atoms with E-state index in [0.29, 0.717) is 5.70 Å². The first-order valence-electron chi connectivity index (χ1n) is 10.7. The number of β-lactam (4-membered cyclic amide) rings is 1. The molecule has 1 saturated heterocycles. The molecule has 2 aromatic rings. The van der Waals surface area contributed by atoms with Crippen molar-refractivity contribution in [1.29, 1.82) is 0 Å². The molecule has 2 unspecified atom stereocenters. The highest BCUT2D eigenvalue weighted by molar-refractivity contribution is 14.1. The van der Waals surface area contributed by atoms with Crippen LogP contribution in [0.4, 0.5) is 5.69 Å². The number of benzene rings is 2. The summed E-state index contributed by atoms with van der Waals surface area (Å²) < 4.78 is 10.2. The van der Waals surface area contributed by atoms with E-state index < -0.39 is 19.8 Å². The fraction of sp³-hybridized carbons (Fsp3) is 0.333. The summed E-state index contributed by atoms with van der Waals surface area (Å²) in [5, 5.41) is 0. The van der Waals surface area contributed by atoms with Crippen molar-refractivity contribution in [2.45, 2.75) is 43.9 Å². The number of fused-ring (bicyclic) bond motifs is 2. The summed E-state index contributed by atoms with van der Waals surface area (Å²) in [7, 11) is 0.0555. The molecule has 0 saturated carbocycles. The van der Waals surface area contributed by atoms with Crippen LogP contribution in [0.5, 0.6) is 0 Å². The molecule has 1 spiro atoms. The fourth-order valence-electron chi connectivity index (χ4n) is 4.73. The maximum absolute atomic E-state index is 14.4. The van der Waals surface area contributed by atoms with Crippen LogP contribution in [-0.4, -0.2) is 38.1 Å². The lowest BCUT2D eigenvalue weighted by atomic mass is 9.77. The zero-order valence-electron chi connectivity index (χ0n) is 19.2. The Balaban J connectivity index is 1.95. The molecule has 2 atom stereocenters. The summed E-state index contributed by atoms with van der Waals surface area (Å²) in [6, 6.07) is 12.4. The molecule has 10 heteroatoms. The molecule has 0 bridgehead atoms. The highest BCUT2D eigenvalue weighted by atomic mass is 127. The van der Waals surface area contributed by atoms with E-state index in [0.717, 1.165) is 36.3 Å². The van der Waals surface area contributed by atoms with Crippen LogP contribution in [0.2, 0.25) is 25.7 Å². The first-order chi connectivity index (χ1) is 16.0. The number of hydrogen-bond acceptors (Lipinski definition) is 3. The van der Waals surface area contributed by atoms with E-state index in [2.05, 4.69) is 90.0 Å². The van der Waals surface area contributed by atoms with E-state index in [9.17, 15) is 9.59 Å². The Morgan fingerprint density at radius 2 is 1.82 bits per heavy atom. The number of nitrogens with zero attached hydrogens (tertiary/aromatic N) is 2. The Kier molecular flexibility index (Phi) is 7.60. The Morgan fingerprint density at radius 3 is 2.35 bits per heavy atom. The van der Waals surface area contributed by atoms with Gasteiger partial charge in [-0.15, -0.1) is 0 Å². The van der Waals surface area contributed by atoms with Gasteiger partial charge in [0.15, 0.2) is 5.54 Å². The molecule has 1 fully saturated rings. The van der Waals surface area contributed by atoms with Crippen molar-refractivity contribution in [3.8, 4) is 0 Å². The second kappa shape index (κ2) is 9.73. The number of halogens is 4. The molecule has 180 valence electrons. The lowest BCUT2D eigenvalue weighted by Crippen LogP contribution is -2.65. The molecule has 5 nitrogen and oxygen atoms in total. The van der Waals surface area contributed by atoms with Gasteiger partial charge in [0, 0.05) is 38.2 Å². The van der Waals surface area contributed by atoms with Crippen molar-refractivity contribution in [3.63, 3.8) is 0 Å². The molecule has 2 heterocycles. The first kappa shape index (κ1) is 26.5. The third-order valence-electron chi connectivity index (χ3n) is 6.19. The van der Waals surface area contributed by atoms with Crippen molar-refractivity contribution in [3.05, 3.63) is 65.0 Å². The fourth-order valence-corrected chi connectivity index (χ4v) is 8.50. The number of methoxy groups -OCH3 is 1.